The fourth-order valence-corrected chi connectivity index (χ4v) is 5.77. The maximum Gasteiger partial charge on any atom is 0.416 e. The molecule has 3 rings (SSSR count). The summed E-state index contributed by atoms with van der Waals surface area (Å²) in [6.07, 6.45) is -5.47. The predicted molar refractivity (Wildman–Crippen MR) is 124 cm³/mol. The topological polar surface area (TPSA) is 70.1 Å². The van der Waals surface area contributed by atoms with Crippen LogP contribution in [0, 0.1) is 20.8 Å². The largest absolute Gasteiger partial charge is 0.490 e. The van der Waals surface area contributed by atoms with Crippen molar-refractivity contribution in [3.05, 3.63) is 57.6 Å². The first-order chi connectivity index (χ1) is 15.8. The molecule has 0 amide bonds. The van der Waals surface area contributed by atoms with E-state index in [2.05, 4.69) is 0 Å². The smallest absolute Gasteiger partial charge is 0.416 e. The number of hydrogen-bond donors (Lipinski definition) is 1. The van der Waals surface area contributed by atoms with Gasteiger partial charge in [0.05, 0.1) is 10.6 Å². The van der Waals surface area contributed by atoms with E-state index < -0.39 is 32.8 Å². The van der Waals surface area contributed by atoms with E-state index in [0.29, 0.717) is 19.2 Å². The summed E-state index contributed by atoms with van der Waals surface area (Å²) < 4.78 is 72.0. The zero-order valence-electron chi connectivity index (χ0n) is 19.2. The van der Waals surface area contributed by atoms with Crippen LogP contribution in [0.2, 0.25) is 5.02 Å². The van der Waals surface area contributed by atoms with Crippen molar-refractivity contribution in [1.29, 1.82) is 0 Å². The lowest BCUT2D eigenvalue weighted by Gasteiger charge is -2.35. The highest BCUT2D eigenvalue weighted by Gasteiger charge is 2.35. The minimum Gasteiger partial charge on any atom is -0.490 e. The number of rotatable bonds is 7. The monoisotopic (exact) mass is 520 g/mol. The minimum atomic E-state index is -4.68. The Morgan fingerprint density at radius 1 is 1.06 bits per heavy atom. The average molecular weight is 521 g/mol. The Hall–Kier alpha value is -1.85. The Morgan fingerprint density at radius 3 is 2.29 bits per heavy atom. The van der Waals surface area contributed by atoms with Gasteiger partial charge in [-0.3, -0.25) is 4.90 Å². The fraction of sp³-hybridized carbons (Fsp3) is 0.478. The molecule has 1 atom stereocenters. The van der Waals surface area contributed by atoms with Crippen LogP contribution in [0.1, 0.15) is 22.3 Å². The number of β-amino-alcohol motifs (C(OH)–C–C–N with tert-alkyl or cyclic N) is 1. The van der Waals surface area contributed by atoms with Crippen LogP contribution in [0.25, 0.3) is 0 Å². The van der Waals surface area contributed by atoms with E-state index in [-0.39, 0.29) is 31.3 Å². The number of benzene rings is 2. The van der Waals surface area contributed by atoms with Crippen molar-refractivity contribution in [3.8, 4) is 5.75 Å². The summed E-state index contributed by atoms with van der Waals surface area (Å²) in [7, 11) is -4.20. The SMILES string of the molecule is Cc1ccc(C)c(OC[C@H](O)CN2CCN(S(=O)(=O)c3cc(C(F)(F)F)ccc3Cl)CC2)c1C. The average Bonchev–Trinajstić information content (AvgIpc) is 2.76. The van der Waals surface area contributed by atoms with E-state index in [1.54, 1.807) is 0 Å². The molecule has 1 saturated heterocycles. The molecule has 0 bridgehead atoms. The summed E-state index contributed by atoms with van der Waals surface area (Å²) in [4.78, 5) is 1.33. The summed E-state index contributed by atoms with van der Waals surface area (Å²) in [6.45, 7) is 7.01. The molecule has 0 saturated carbocycles. The first-order valence-electron chi connectivity index (χ1n) is 10.8. The molecule has 1 fully saturated rings. The Morgan fingerprint density at radius 2 is 1.68 bits per heavy atom. The summed E-state index contributed by atoms with van der Waals surface area (Å²) in [5.74, 6) is 0.743. The molecule has 1 heterocycles. The molecule has 2 aromatic rings. The molecule has 1 N–H and O–H groups in total. The zero-order valence-corrected chi connectivity index (χ0v) is 20.8. The number of aryl methyl sites for hydroxylation is 2. The maximum absolute atomic E-state index is 13.0. The second kappa shape index (κ2) is 10.4. The Labute approximate surface area is 202 Å². The Kier molecular flexibility index (Phi) is 8.19. The van der Waals surface area contributed by atoms with Gasteiger partial charge in [0, 0.05) is 32.7 Å². The molecular weight excluding hydrogens is 493 g/mol. The normalized spacial score (nSPS) is 17.1. The second-order valence-electron chi connectivity index (χ2n) is 8.47. The van der Waals surface area contributed by atoms with Crippen LogP contribution in [-0.2, 0) is 16.2 Å². The molecule has 188 valence electrons. The van der Waals surface area contributed by atoms with Gasteiger partial charge in [-0.05, 0) is 55.7 Å². The van der Waals surface area contributed by atoms with Crippen LogP contribution < -0.4 is 4.74 Å². The van der Waals surface area contributed by atoms with Gasteiger partial charge in [-0.1, -0.05) is 23.7 Å². The highest BCUT2D eigenvalue weighted by atomic mass is 35.5. The van der Waals surface area contributed by atoms with Crippen LogP contribution in [-0.4, -0.2) is 68.2 Å². The number of nitrogens with zero attached hydrogens (tertiary/aromatic N) is 2. The van der Waals surface area contributed by atoms with E-state index >= 15 is 0 Å². The summed E-state index contributed by atoms with van der Waals surface area (Å²) in [6, 6.07) is 6.23. The third kappa shape index (κ3) is 6.04. The fourth-order valence-electron chi connectivity index (χ4n) is 3.85. The van der Waals surface area contributed by atoms with Gasteiger partial charge in [-0.25, -0.2) is 8.42 Å². The molecule has 0 radical (unpaired) electrons. The summed E-state index contributed by atoms with van der Waals surface area (Å²) in [5, 5.41) is 10.2. The molecule has 0 unspecified atom stereocenters. The number of aliphatic hydroxyl groups excluding tert-OH is 1. The molecule has 0 aromatic heterocycles. The van der Waals surface area contributed by atoms with Crippen LogP contribution >= 0.6 is 11.6 Å². The quantitative estimate of drug-likeness (QED) is 0.597. The van der Waals surface area contributed by atoms with Gasteiger partial charge in [0.1, 0.15) is 23.4 Å². The van der Waals surface area contributed by atoms with Crippen molar-refractivity contribution >= 4 is 21.6 Å². The molecule has 11 heteroatoms. The molecule has 2 aromatic carbocycles. The van der Waals surface area contributed by atoms with E-state index in [1.165, 1.54) is 0 Å². The standard InChI is InChI=1S/C23H28ClF3N2O4S/c1-15-4-5-16(2)22(17(15)3)33-14-19(30)13-28-8-10-29(11-9-28)34(31,32)21-12-18(23(25,26)27)6-7-20(21)24/h4-7,12,19,30H,8-11,13-14H2,1-3H3/t19-/m1/s1. The molecule has 0 spiro atoms. The van der Waals surface area contributed by atoms with Gasteiger partial charge in [-0.15, -0.1) is 0 Å². The van der Waals surface area contributed by atoms with Crippen LogP contribution in [0.15, 0.2) is 35.2 Å². The molecule has 1 aliphatic rings. The van der Waals surface area contributed by atoms with Crippen LogP contribution in [0.4, 0.5) is 13.2 Å². The van der Waals surface area contributed by atoms with Gasteiger partial charge in [0.25, 0.3) is 0 Å². The molecule has 1 aliphatic heterocycles. The van der Waals surface area contributed by atoms with Crippen molar-refractivity contribution in [2.75, 3.05) is 39.3 Å². The van der Waals surface area contributed by atoms with Crippen molar-refractivity contribution in [2.45, 2.75) is 37.9 Å². The number of piperazine rings is 1. The van der Waals surface area contributed by atoms with Gasteiger partial charge < -0.3 is 9.84 Å². The molecule has 6 nitrogen and oxygen atoms in total. The summed E-state index contributed by atoms with van der Waals surface area (Å²) in [5.41, 5.74) is 2.01. The third-order valence-electron chi connectivity index (χ3n) is 5.97. The number of hydrogen-bond acceptors (Lipinski definition) is 5. The van der Waals surface area contributed by atoms with Crippen molar-refractivity contribution in [1.82, 2.24) is 9.21 Å². The molecule has 34 heavy (non-hydrogen) atoms. The first kappa shape index (κ1) is 26.7. The second-order valence-corrected chi connectivity index (χ2v) is 10.8. The Bertz CT molecular complexity index is 1130. The zero-order chi connectivity index (χ0) is 25.3. The maximum atomic E-state index is 13.0. The lowest BCUT2D eigenvalue weighted by molar-refractivity contribution is -0.137. The highest BCUT2D eigenvalue weighted by Crippen LogP contribution is 2.34. The van der Waals surface area contributed by atoms with Crippen molar-refractivity contribution in [3.63, 3.8) is 0 Å². The van der Waals surface area contributed by atoms with E-state index in [9.17, 15) is 26.7 Å². The van der Waals surface area contributed by atoms with E-state index in [1.807, 2.05) is 37.8 Å². The molecule has 0 aliphatic carbocycles. The van der Waals surface area contributed by atoms with E-state index in [0.717, 1.165) is 38.9 Å². The van der Waals surface area contributed by atoms with Gasteiger partial charge in [0.2, 0.25) is 10.0 Å². The number of alkyl halides is 3. The lowest BCUT2D eigenvalue weighted by Crippen LogP contribution is -2.50. The first-order valence-corrected chi connectivity index (χ1v) is 12.6. The number of ether oxygens (including phenoxy) is 1. The van der Waals surface area contributed by atoms with Crippen molar-refractivity contribution < 1.29 is 31.4 Å². The van der Waals surface area contributed by atoms with Crippen molar-refractivity contribution in [2.24, 2.45) is 0 Å². The van der Waals surface area contributed by atoms with Gasteiger partial charge in [0.15, 0.2) is 0 Å². The van der Waals surface area contributed by atoms with Crippen LogP contribution in [0.3, 0.4) is 0 Å². The Balaban J connectivity index is 1.59. The third-order valence-corrected chi connectivity index (χ3v) is 8.35. The van der Waals surface area contributed by atoms with Gasteiger partial charge in [-0.2, -0.15) is 17.5 Å². The lowest BCUT2D eigenvalue weighted by atomic mass is 10.1. The van der Waals surface area contributed by atoms with E-state index in [4.69, 9.17) is 16.3 Å². The number of sulfonamides is 1. The number of aliphatic hydroxyl groups is 1. The predicted octanol–water partition coefficient (Wildman–Crippen LogP) is 4.03. The molecular formula is C23H28ClF3N2O4S. The number of halogens is 4. The highest BCUT2D eigenvalue weighted by molar-refractivity contribution is 7.89. The van der Waals surface area contributed by atoms with Crippen LogP contribution in [0.5, 0.6) is 5.75 Å². The van der Waals surface area contributed by atoms with Gasteiger partial charge >= 0.3 is 6.18 Å². The minimum absolute atomic E-state index is 0.0680. The summed E-state index contributed by atoms with van der Waals surface area (Å²) >= 11 is 5.93.